The van der Waals surface area contributed by atoms with Gasteiger partial charge in [0.25, 0.3) is 6.33 Å². The van der Waals surface area contributed by atoms with Crippen LogP contribution in [0.15, 0.2) is 170 Å². The standard InChI is InChI=1S/C52H46N4O/c1-51(2,3)38-23-25-45-46-26-24-42(34-48(46)56(47(45)31-38)49-32-39(27-28-53-49)52(4,5)6)57-41-20-13-19-40(33-41)54-29-30-55(35-54)50-43(36-15-9-7-10-16-36)21-14-22-44(50)37-17-11-8-12-18-37/h7-34H,1-6H3/i7D,8D,9D,10D,11D,12D,15D,16D,17D,18D. The fourth-order valence-electron chi connectivity index (χ4n) is 7.18. The summed E-state index contributed by atoms with van der Waals surface area (Å²) < 4.78 is 97.7. The lowest BCUT2D eigenvalue weighted by atomic mass is 9.86. The molecule has 0 aliphatic carbocycles. The minimum atomic E-state index is -0.561. The summed E-state index contributed by atoms with van der Waals surface area (Å²) in [5.41, 5.74) is 5.08. The molecule has 0 aliphatic rings. The van der Waals surface area contributed by atoms with E-state index in [9.17, 15) is 0 Å². The summed E-state index contributed by atoms with van der Waals surface area (Å²) in [4.78, 5) is 4.88. The molecule has 0 atom stereocenters. The lowest BCUT2D eigenvalue weighted by Crippen LogP contribution is -2.30. The van der Waals surface area contributed by atoms with Gasteiger partial charge >= 0.3 is 0 Å². The minimum absolute atomic E-state index is 0.0772. The molecule has 9 rings (SSSR count). The molecule has 3 heterocycles. The molecule has 0 N–H and O–H groups in total. The van der Waals surface area contributed by atoms with E-state index >= 15 is 0 Å². The van der Waals surface area contributed by atoms with Crippen LogP contribution in [0.1, 0.15) is 66.4 Å². The topological polar surface area (TPSA) is 35.9 Å². The molecule has 0 bridgehead atoms. The Morgan fingerprint density at radius 2 is 1.23 bits per heavy atom. The number of benzene rings is 6. The van der Waals surface area contributed by atoms with Gasteiger partial charge in [0.1, 0.15) is 17.3 Å². The van der Waals surface area contributed by atoms with Crippen LogP contribution in [-0.4, -0.2) is 14.1 Å². The van der Waals surface area contributed by atoms with Gasteiger partial charge in [-0.3, -0.25) is 13.7 Å². The lowest BCUT2D eigenvalue weighted by molar-refractivity contribution is -0.598. The Morgan fingerprint density at radius 1 is 0.632 bits per heavy atom. The smallest absolute Gasteiger partial charge is 0.268 e. The van der Waals surface area contributed by atoms with Crippen molar-refractivity contribution in [1.82, 2.24) is 14.1 Å². The minimum Gasteiger partial charge on any atom is -0.458 e. The van der Waals surface area contributed by atoms with Gasteiger partial charge < -0.3 is 4.74 Å². The average molecular weight is 753 g/mol. The van der Waals surface area contributed by atoms with Crippen LogP contribution in [-0.2, 0) is 10.8 Å². The molecule has 57 heavy (non-hydrogen) atoms. The Labute approximate surface area is 349 Å². The number of imidazole rings is 1. The summed E-state index contributed by atoms with van der Waals surface area (Å²) in [6.45, 7) is 13.2. The number of hydrogen-bond acceptors (Lipinski definition) is 2. The summed E-state index contributed by atoms with van der Waals surface area (Å²) in [5, 5.41) is 2.15. The van der Waals surface area contributed by atoms with Crippen molar-refractivity contribution in [3.8, 4) is 50.9 Å². The molecular weight excluding hydrogens is 697 g/mol. The van der Waals surface area contributed by atoms with E-state index in [0.717, 1.165) is 33.2 Å². The van der Waals surface area contributed by atoms with Gasteiger partial charge in [0.2, 0.25) is 0 Å². The van der Waals surface area contributed by atoms with E-state index in [0.29, 0.717) is 17.2 Å². The quantitative estimate of drug-likeness (QED) is 0.120. The largest absolute Gasteiger partial charge is 0.458 e. The van der Waals surface area contributed by atoms with Crippen molar-refractivity contribution in [3.05, 3.63) is 187 Å². The Bertz CT molecular complexity index is 3340. The lowest BCUT2D eigenvalue weighted by Gasteiger charge is -2.21. The second kappa shape index (κ2) is 14.1. The van der Waals surface area contributed by atoms with Gasteiger partial charge in [-0.2, -0.15) is 0 Å². The molecule has 5 nitrogen and oxygen atoms in total. The number of fused-ring (bicyclic) bond motifs is 3. The Morgan fingerprint density at radius 3 is 1.89 bits per heavy atom. The highest BCUT2D eigenvalue weighted by Crippen LogP contribution is 2.38. The number of pyridine rings is 1. The van der Waals surface area contributed by atoms with E-state index in [-0.39, 0.29) is 38.8 Å². The number of nitrogens with zero attached hydrogens (tertiary/aromatic N) is 4. The van der Waals surface area contributed by atoms with Crippen molar-refractivity contribution in [2.75, 3.05) is 0 Å². The maximum absolute atomic E-state index is 8.86. The van der Waals surface area contributed by atoms with Crippen LogP contribution >= 0.6 is 0 Å². The van der Waals surface area contributed by atoms with Gasteiger partial charge in [-0.05, 0) is 92.7 Å². The summed E-state index contributed by atoms with van der Waals surface area (Å²) in [5.74, 6) is 1.92. The summed E-state index contributed by atoms with van der Waals surface area (Å²) in [6, 6.07) is 23.8. The predicted octanol–water partition coefficient (Wildman–Crippen LogP) is 12.8. The van der Waals surface area contributed by atoms with Crippen molar-refractivity contribution in [2.24, 2.45) is 0 Å². The number of ether oxygens (including phenoxy) is 1. The van der Waals surface area contributed by atoms with E-state index in [1.807, 2.05) is 42.6 Å². The fourth-order valence-corrected chi connectivity index (χ4v) is 7.18. The molecule has 0 unspecified atom stereocenters. The zero-order valence-corrected chi connectivity index (χ0v) is 32.6. The van der Waals surface area contributed by atoms with Gasteiger partial charge in [0, 0.05) is 35.4 Å². The van der Waals surface area contributed by atoms with Gasteiger partial charge in [0.05, 0.1) is 36.1 Å². The Kier molecular flexibility index (Phi) is 6.48. The maximum atomic E-state index is 8.86. The zero-order valence-electron chi connectivity index (χ0n) is 42.6. The molecule has 0 aliphatic heterocycles. The molecule has 0 spiro atoms. The van der Waals surface area contributed by atoms with Crippen molar-refractivity contribution in [3.63, 3.8) is 0 Å². The molecule has 0 radical (unpaired) electrons. The van der Waals surface area contributed by atoms with Crippen molar-refractivity contribution in [2.45, 2.75) is 52.4 Å². The monoisotopic (exact) mass is 752 g/mol. The predicted molar refractivity (Wildman–Crippen MR) is 233 cm³/mol. The second-order valence-corrected chi connectivity index (χ2v) is 16.1. The third-order valence-corrected chi connectivity index (χ3v) is 10.2. The maximum Gasteiger partial charge on any atom is 0.268 e. The van der Waals surface area contributed by atoms with Crippen LogP contribution in [0.3, 0.4) is 0 Å². The van der Waals surface area contributed by atoms with Crippen LogP contribution in [0.25, 0.3) is 61.3 Å². The molecule has 0 amide bonds. The first-order valence-corrected chi connectivity index (χ1v) is 18.8. The average Bonchev–Trinajstić information content (AvgIpc) is 3.92. The normalized spacial score (nSPS) is 14.5. The molecule has 0 saturated carbocycles. The number of aromatic nitrogens is 4. The molecule has 6 aromatic carbocycles. The van der Waals surface area contributed by atoms with E-state index in [2.05, 4.69) is 88.8 Å². The molecule has 9 aromatic rings. The third kappa shape index (κ3) is 6.91. The number of para-hydroxylation sites is 1. The van der Waals surface area contributed by atoms with E-state index in [1.165, 1.54) is 10.1 Å². The van der Waals surface area contributed by atoms with Gasteiger partial charge in [-0.25, -0.2) is 4.98 Å². The van der Waals surface area contributed by atoms with Gasteiger partial charge in [-0.1, -0.05) is 138 Å². The highest BCUT2D eigenvalue weighted by Gasteiger charge is 2.21. The van der Waals surface area contributed by atoms with Crippen LogP contribution in [0.5, 0.6) is 11.5 Å². The van der Waals surface area contributed by atoms with E-state index in [1.54, 1.807) is 35.2 Å². The van der Waals surface area contributed by atoms with E-state index < -0.39 is 60.4 Å². The van der Waals surface area contributed by atoms with Crippen LogP contribution in [0, 0.1) is 6.33 Å². The first kappa shape index (κ1) is 26.2. The highest BCUT2D eigenvalue weighted by atomic mass is 16.5. The third-order valence-electron chi connectivity index (χ3n) is 10.2. The summed E-state index contributed by atoms with van der Waals surface area (Å²) in [6.07, 6.45) is 8.48. The summed E-state index contributed by atoms with van der Waals surface area (Å²) >= 11 is 0. The first-order valence-electron chi connectivity index (χ1n) is 23.8. The SMILES string of the molecule is [2H]c1c([2H])c([2H])c(-c2cccc(-c3c([2H])c([2H])c([2H])c([2H])c3[2H])c2-[n+]2[c-]n(-c3cccc(Oc4ccc5c6ccc(C(C)(C)C)cc6n(-c6cc(C(C)(C)C)ccn6)c5c4)c3)cc2)c([2H])c1[2H]. The Hall–Kier alpha value is -6.72. The molecule has 0 saturated heterocycles. The molecule has 280 valence electrons. The van der Waals surface area contributed by atoms with Gasteiger partial charge in [0.15, 0.2) is 0 Å². The fraction of sp³-hybridized carbons (Fsp3) is 0.154. The molecule has 5 heteroatoms. The zero-order chi connectivity index (χ0) is 48.0. The summed E-state index contributed by atoms with van der Waals surface area (Å²) in [7, 11) is 0. The Balaban J connectivity index is 1.16. The van der Waals surface area contributed by atoms with E-state index in [4.69, 9.17) is 23.4 Å². The van der Waals surface area contributed by atoms with Crippen LogP contribution in [0.4, 0.5) is 0 Å². The molecular formula is C52H46N4O. The second-order valence-electron chi connectivity index (χ2n) is 16.1. The van der Waals surface area contributed by atoms with Crippen LogP contribution in [0.2, 0.25) is 0 Å². The first-order chi connectivity index (χ1) is 31.6. The van der Waals surface area contributed by atoms with Crippen molar-refractivity contribution < 1.29 is 23.0 Å². The van der Waals surface area contributed by atoms with Gasteiger partial charge in [-0.15, -0.1) is 0 Å². The highest BCUT2D eigenvalue weighted by molar-refractivity contribution is 6.09. The molecule has 0 fully saturated rings. The molecule has 3 aromatic heterocycles. The van der Waals surface area contributed by atoms with Crippen LogP contribution < -0.4 is 9.30 Å². The number of hydrogen-bond donors (Lipinski definition) is 0. The van der Waals surface area contributed by atoms with Crippen molar-refractivity contribution >= 4 is 21.8 Å². The van der Waals surface area contributed by atoms with Crippen molar-refractivity contribution in [1.29, 1.82) is 0 Å². The number of rotatable bonds is 7.